The van der Waals surface area contributed by atoms with Gasteiger partial charge in [-0.3, -0.25) is 0 Å². The number of nitrogens with two attached hydrogens (primary N) is 1. The Bertz CT molecular complexity index is 842. The van der Waals surface area contributed by atoms with Gasteiger partial charge in [0.15, 0.2) is 5.82 Å². The summed E-state index contributed by atoms with van der Waals surface area (Å²) in [4.78, 5) is 0. The number of halogens is 1. The van der Waals surface area contributed by atoms with E-state index >= 15 is 0 Å². The molecule has 4 rings (SSSR count). The van der Waals surface area contributed by atoms with Crippen molar-refractivity contribution in [2.24, 2.45) is 5.92 Å². The number of rotatable bonds is 1. The van der Waals surface area contributed by atoms with E-state index in [9.17, 15) is 9.50 Å². The van der Waals surface area contributed by atoms with E-state index in [1.54, 1.807) is 18.2 Å². The molecule has 124 valence electrons. The Morgan fingerprint density at radius 1 is 1.04 bits per heavy atom. The van der Waals surface area contributed by atoms with Crippen LogP contribution in [0, 0.1) is 11.7 Å². The summed E-state index contributed by atoms with van der Waals surface area (Å²) in [5.74, 6) is 0.610. The third-order valence-electron chi connectivity index (χ3n) is 4.34. The van der Waals surface area contributed by atoms with E-state index in [1.165, 1.54) is 37.5 Å². The van der Waals surface area contributed by atoms with Gasteiger partial charge in [-0.1, -0.05) is 56.5 Å². The molecular weight excluding hydrogens is 305 g/mol. The predicted molar refractivity (Wildman–Crippen MR) is 94.0 cm³/mol. The minimum atomic E-state index is -0.552. The number of aromatic nitrogens is 2. The van der Waals surface area contributed by atoms with Crippen molar-refractivity contribution in [1.82, 2.24) is 10.2 Å². The van der Waals surface area contributed by atoms with Crippen LogP contribution in [-0.4, -0.2) is 15.3 Å². The van der Waals surface area contributed by atoms with Gasteiger partial charge in [-0.15, -0.1) is 10.2 Å². The fourth-order valence-corrected chi connectivity index (χ4v) is 2.67. The molecule has 0 atom stereocenters. The van der Waals surface area contributed by atoms with Crippen molar-refractivity contribution < 1.29 is 9.50 Å². The highest BCUT2D eigenvalue weighted by molar-refractivity contribution is 6.00. The fraction of sp³-hybridized carbons (Fsp3) is 0.263. The zero-order valence-corrected chi connectivity index (χ0v) is 13.5. The molecule has 5 heteroatoms. The maximum Gasteiger partial charge on any atom is 0.154 e. The summed E-state index contributed by atoms with van der Waals surface area (Å²) >= 11 is 0. The highest BCUT2D eigenvalue weighted by Gasteiger charge is 2.16. The summed E-state index contributed by atoms with van der Waals surface area (Å²) in [7, 11) is 0. The van der Waals surface area contributed by atoms with Crippen molar-refractivity contribution in [3.8, 4) is 17.0 Å². The van der Waals surface area contributed by atoms with Gasteiger partial charge in [-0.05, 0) is 18.1 Å². The predicted octanol–water partition coefficient (Wildman–Crippen LogP) is 4.53. The molecular formula is C19H20FN3O. The van der Waals surface area contributed by atoms with Crippen molar-refractivity contribution in [3.63, 3.8) is 0 Å². The normalized spacial score (nSPS) is 13.9. The van der Waals surface area contributed by atoms with Gasteiger partial charge >= 0.3 is 0 Å². The van der Waals surface area contributed by atoms with Crippen LogP contribution in [0.4, 0.5) is 10.2 Å². The molecule has 0 radical (unpaired) electrons. The number of hydrogen-bond acceptors (Lipinski definition) is 4. The summed E-state index contributed by atoms with van der Waals surface area (Å²) in [5.41, 5.74) is 6.06. The molecule has 1 aromatic heterocycles. The van der Waals surface area contributed by atoms with E-state index < -0.39 is 5.82 Å². The number of aromatic hydroxyl groups is 1. The van der Waals surface area contributed by atoms with Crippen LogP contribution in [0.3, 0.4) is 0 Å². The molecule has 3 aromatic rings. The van der Waals surface area contributed by atoms with Crippen LogP contribution in [0.1, 0.15) is 26.2 Å². The minimum absolute atomic E-state index is 0.0335. The Balaban J connectivity index is 0.000000290. The van der Waals surface area contributed by atoms with Crippen LogP contribution in [0.5, 0.6) is 5.75 Å². The van der Waals surface area contributed by atoms with Gasteiger partial charge in [0.2, 0.25) is 0 Å². The molecule has 1 saturated carbocycles. The molecule has 0 saturated heterocycles. The molecule has 2 aromatic carbocycles. The minimum Gasteiger partial charge on any atom is -0.507 e. The Morgan fingerprint density at radius 3 is 2.29 bits per heavy atom. The first-order valence-corrected chi connectivity index (χ1v) is 8.06. The average Bonchev–Trinajstić information content (AvgIpc) is 2.56. The number of nitrogen functional groups attached to an aromatic ring is 1. The maximum atomic E-state index is 13.9. The zero-order valence-electron chi connectivity index (χ0n) is 13.5. The monoisotopic (exact) mass is 325 g/mol. The molecule has 0 unspecified atom stereocenters. The molecule has 1 heterocycles. The summed E-state index contributed by atoms with van der Waals surface area (Å²) < 4.78 is 13.9. The number of hydrogen-bond donors (Lipinski definition) is 2. The van der Waals surface area contributed by atoms with Crippen molar-refractivity contribution in [2.75, 3.05) is 5.73 Å². The molecule has 1 aliphatic carbocycles. The second-order valence-electron chi connectivity index (χ2n) is 6.15. The quantitative estimate of drug-likeness (QED) is 0.689. The highest BCUT2D eigenvalue weighted by Crippen LogP contribution is 2.35. The highest BCUT2D eigenvalue weighted by atomic mass is 19.1. The lowest BCUT2D eigenvalue weighted by Gasteiger charge is -2.18. The lowest BCUT2D eigenvalue weighted by Crippen LogP contribution is -2.04. The standard InChI is InChI=1S/C14H10FN3O.C5H10/c15-10-6-3-7-11(19)12(10)13-8-4-1-2-5-9(8)14(16)18-17-13;1-5-3-2-4-5/h1-7,19H,(H2,16,18);5H,2-4H2,1H3. The first-order valence-electron chi connectivity index (χ1n) is 8.06. The third kappa shape index (κ3) is 3.15. The second kappa shape index (κ2) is 6.83. The van der Waals surface area contributed by atoms with Crippen LogP contribution in [0.15, 0.2) is 42.5 Å². The van der Waals surface area contributed by atoms with Crippen molar-refractivity contribution in [2.45, 2.75) is 26.2 Å². The molecule has 24 heavy (non-hydrogen) atoms. The topological polar surface area (TPSA) is 72.0 Å². The second-order valence-corrected chi connectivity index (χ2v) is 6.15. The number of anilines is 1. The van der Waals surface area contributed by atoms with E-state index in [2.05, 4.69) is 17.1 Å². The van der Waals surface area contributed by atoms with Gasteiger partial charge in [0.1, 0.15) is 17.3 Å². The van der Waals surface area contributed by atoms with Crippen LogP contribution in [0.25, 0.3) is 22.0 Å². The molecule has 0 spiro atoms. The Labute approximate surface area is 140 Å². The van der Waals surface area contributed by atoms with Crippen molar-refractivity contribution in [3.05, 3.63) is 48.3 Å². The van der Waals surface area contributed by atoms with Gasteiger partial charge in [-0.2, -0.15) is 0 Å². The average molecular weight is 325 g/mol. The summed E-state index contributed by atoms with van der Waals surface area (Å²) in [5, 5.41) is 18.9. The molecule has 4 nitrogen and oxygen atoms in total. The van der Waals surface area contributed by atoms with E-state index in [0.717, 1.165) is 5.92 Å². The first kappa shape index (κ1) is 16.2. The van der Waals surface area contributed by atoms with Gasteiger partial charge in [-0.25, -0.2) is 4.39 Å². The van der Waals surface area contributed by atoms with Crippen LogP contribution >= 0.6 is 0 Å². The summed E-state index contributed by atoms with van der Waals surface area (Å²) in [6.07, 6.45) is 4.46. The molecule has 1 fully saturated rings. The number of nitrogens with zero attached hydrogens (tertiary/aromatic N) is 2. The van der Waals surface area contributed by atoms with Crippen molar-refractivity contribution in [1.29, 1.82) is 0 Å². The molecule has 0 bridgehead atoms. The van der Waals surface area contributed by atoms with Crippen molar-refractivity contribution >= 4 is 16.6 Å². The van der Waals surface area contributed by atoms with Crippen LogP contribution < -0.4 is 5.73 Å². The van der Waals surface area contributed by atoms with E-state index in [4.69, 9.17) is 5.73 Å². The van der Waals surface area contributed by atoms with Crippen LogP contribution in [0.2, 0.25) is 0 Å². The Kier molecular flexibility index (Phi) is 4.60. The lowest BCUT2D eigenvalue weighted by atomic mass is 9.88. The van der Waals surface area contributed by atoms with E-state index in [0.29, 0.717) is 10.8 Å². The van der Waals surface area contributed by atoms with E-state index in [-0.39, 0.29) is 22.8 Å². The number of phenolic OH excluding ortho intramolecular Hbond substituents is 1. The molecule has 0 aliphatic heterocycles. The first-order chi connectivity index (χ1) is 11.6. The van der Waals surface area contributed by atoms with Crippen LogP contribution in [-0.2, 0) is 0 Å². The van der Waals surface area contributed by atoms with E-state index in [1.807, 2.05) is 6.07 Å². The zero-order chi connectivity index (χ0) is 17.1. The number of fused-ring (bicyclic) bond motifs is 1. The van der Waals surface area contributed by atoms with Gasteiger partial charge in [0.25, 0.3) is 0 Å². The third-order valence-corrected chi connectivity index (χ3v) is 4.34. The summed E-state index contributed by atoms with van der Waals surface area (Å²) in [6.45, 7) is 2.31. The fourth-order valence-electron chi connectivity index (χ4n) is 2.67. The number of benzene rings is 2. The number of phenols is 1. The molecule has 0 amide bonds. The molecule has 3 N–H and O–H groups in total. The molecule has 1 aliphatic rings. The lowest BCUT2D eigenvalue weighted by molar-refractivity contribution is 0.346. The SMILES string of the molecule is CC1CCC1.Nc1nnc(-c2c(O)cccc2F)c2ccccc12. The van der Waals surface area contributed by atoms with Gasteiger partial charge < -0.3 is 10.8 Å². The maximum absolute atomic E-state index is 13.9. The Morgan fingerprint density at radius 2 is 1.71 bits per heavy atom. The van der Waals surface area contributed by atoms with Gasteiger partial charge in [0.05, 0.1) is 5.56 Å². The van der Waals surface area contributed by atoms with Gasteiger partial charge in [0, 0.05) is 10.8 Å². The largest absolute Gasteiger partial charge is 0.507 e. The smallest absolute Gasteiger partial charge is 0.154 e. The summed E-state index contributed by atoms with van der Waals surface area (Å²) in [6, 6.07) is 11.3. The Hall–Kier alpha value is -2.69.